The first-order valence-electron chi connectivity index (χ1n) is 13.6. The fourth-order valence-electron chi connectivity index (χ4n) is 5.48. The molecule has 1 unspecified atom stereocenters. The van der Waals surface area contributed by atoms with E-state index in [-0.39, 0.29) is 17.3 Å². The van der Waals surface area contributed by atoms with Crippen molar-refractivity contribution in [3.63, 3.8) is 0 Å². The normalized spacial score (nSPS) is 18.0. The fraction of sp³-hybridized carbons (Fsp3) is 0.414. The first kappa shape index (κ1) is 27.4. The van der Waals surface area contributed by atoms with Gasteiger partial charge in [0.25, 0.3) is 11.5 Å². The molecule has 2 aliphatic rings. The molecule has 206 valence electrons. The van der Waals surface area contributed by atoms with Gasteiger partial charge in [-0.3, -0.25) is 19.0 Å². The highest BCUT2D eigenvalue weighted by atomic mass is 35.5. The molecular weight excluding hydrogens is 532 g/mol. The molecule has 2 heterocycles. The van der Waals surface area contributed by atoms with Crippen LogP contribution in [-0.4, -0.2) is 35.2 Å². The number of H-pyrrole nitrogens is 1. The third-order valence-corrected chi connectivity index (χ3v) is 8.79. The number of carbonyl (C=O) groups is 1. The van der Waals surface area contributed by atoms with Crippen LogP contribution in [0.15, 0.2) is 46.2 Å². The molecule has 0 spiro atoms. The Balaban J connectivity index is 1.25. The number of aliphatic imine (C=N–C) groups is 1. The van der Waals surface area contributed by atoms with Crippen LogP contribution in [-0.2, 0) is 0 Å². The fourth-order valence-corrected chi connectivity index (χ4v) is 6.52. The molecule has 8 nitrogen and oxygen atoms in total. The van der Waals surface area contributed by atoms with Gasteiger partial charge in [0.15, 0.2) is 0 Å². The van der Waals surface area contributed by atoms with Gasteiger partial charge in [0, 0.05) is 24.0 Å². The van der Waals surface area contributed by atoms with Gasteiger partial charge in [-0.2, -0.15) is 0 Å². The third kappa shape index (κ3) is 6.54. The number of nitrogens with zero attached hydrogens (tertiary/aromatic N) is 1. The molecule has 1 saturated carbocycles. The number of halogens is 1. The van der Waals surface area contributed by atoms with Crippen LogP contribution in [0.4, 0.5) is 16.4 Å². The van der Waals surface area contributed by atoms with Crippen LogP contribution in [0.2, 0.25) is 5.02 Å². The van der Waals surface area contributed by atoms with E-state index in [1.165, 1.54) is 37.7 Å². The van der Waals surface area contributed by atoms with Crippen molar-refractivity contribution in [1.82, 2.24) is 9.69 Å². The maximum Gasteiger partial charge on any atom is 0.271 e. The van der Waals surface area contributed by atoms with E-state index < -0.39 is 0 Å². The number of hydrogen-bond donors (Lipinski definition) is 5. The lowest BCUT2D eigenvalue weighted by Crippen LogP contribution is -2.25. The van der Waals surface area contributed by atoms with Crippen molar-refractivity contribution in [3.05, 3.63) is 74.0 Å². The Morgan fingerprint density at radius 3 is 2.69 bits per heavy atom. The summed E-state index contributed by atoms with van der Waals surface area (Å²) in [5.41, 5.74) is 10.4. The molecule has 0 bridgehead atoms. The van der Waals surface area contributed by atoms with Crippen LogP contribution in [0.25, 0.3) is 0 Å². The van der Waals surface area contributed by atoms with Gasteiger partial charge >= 0.3 is 0 Å². The molecule has 5 rings (SSSR count). The highest BCUT2D eigenvalue weighted by Crippen LogP contribution is 2.35. The summed E-state index contributed by atoms with van der Waals surface area (Å²) in [6, 6.07) is 11.8. The van der Waals surface area contributed by atoms with Crippen LogP contribution >= 0.6 is 23.1 Å². The molecule has 1 aliphatic carbocycles. The minimum Gasteiger partial charge on any atom is -0.383 e. The van der Waals surface area contributed by atoms with Crippen molar-refractivity contribution in [2.45, 2.75) is 63.8 Å². The van der Waals surface area contributed by atoms with Gasteiger partial charge in [-0.1, -0.05) is 36.6 Å². The summed E-state index contributed by atoms with van der Waals surface area (Å²) in [5, 5.41) is 10.5. The Morgan fingerprint density at radius 1 is 1.15 bits per heavy atom. The van der Waals surface area contributed by atoms with Crippen molar-refractivity contribution in [1.29, 1.82) is 0 Å². The zero-order chi connectivity index (χ0) is 27.4. The molecule has 1 saturated heterocycles. The summed E-state index contributed by atoms with van der Waals surface area (Å²) in [5.74, 6) is 0.552. The standard InChI is InChI=1S/C29H35ClN6O2S/c1-17-15-19(18-5-2-3-6-18)8-11-24(17)35-27(37)22-10-9-21(16-23(22)30)34-29-25(28(38)36-39-29)26(31)33-14-12-20-7-4-13-32-20/h8-11,15-16,18,20,32,34H,2-7,12-14H2,1H3,(H2,31,33)(H,35,37)(H,36,38). The number of aromatic amines is 1. The van der Waals surface area contributed by atoms with E-state index in [1.807, 2.05) is 13.0 Å². The van der Waals surface area contributed by atoms with E-state index in [0.717, 1.165) is 42.2 Å². The van der Waals surface area contributed by atoms with E-state index in [0.29, 0.717) is 45.3 Å². The quantitative estimate of drug-likeness (QED) is 0.163. The largest absolute Gasteiger partial charge is 0.383 e. The summed E-state index contributed by atoms with van der Waals surface area (Å²) in [7, 11) is 0. The Bertz CT molecular complexity index is 1420. The molecule has 1 aromatic heterocycles. The average molecular weight is 567 g/mol. The molecule has 3 aromatic rings. The van der Waals surface area contributed by atoms with Crippen LogP contribution in [0.5, 0.6) is 0 Å². The SMILES string of the molecule is Cc1cc(C2CCCC2)ccc1NC(=O)c1ccc(Nc2s[nH]c(=O)c2C(N)=NCCC2CCCN2)cc1Cl. The maximum absolute atomic E-state index is 13.0. The van der Waals surface area contributed by atoms with Crippen molar-refractivity contribution in [2.75, 3.05) is 23.7 Å². The molecule has 1 amide bonds. The topological polar surface area (TPSA) is 124 Å². The Morgan fingerprint density at radius 2 is 1.97 bits per heavy atom. The lowest BCUT2D eigenvalue weighted by atomic mass is 9.95. The van der Waals surface area contributed by atoms with Gasteiger partial charge in [0.1, 0.15) is 16.4 Å². The smallest absolute Gasteiger partial charge is 0.271 e. The highest BCUT2D eigenvalue weighted by Gasteiger charge is 2.20. The second-order valence-electron chi connectivity index (χ2n) is 10.4. The molecule has 6 N–H and O–H groups in total. The Labute approximate surface area is 237 Å². The van der Waals surface area contributed by atoms with E-state index in [4.69, 9.17) is 17.3 Å². The molecular formula is C29H35ClN6O2S. The number of anilines is 3. The van der Waals surface area contributed by atoms with Crippen LogP contribution in [0.1, 0.15) is 77.9 Å². The van der Waals surface area contributed by atoms with Gasteiger partial charge in [0.2, 0.25) is 0 Å². The van der Waals surface area contributed by atoms with Crippen molar-refractivity contribution in [2.24, 2.45) is 10.7 Å². The second kappa shape index (κ2) is 12.4. The predicted octanol–water partition coefficient (Wildman–Crippen LogP) is 5.90. The zero-order valence-electron chi connectivity index (χ0n) is 22.1. The Kier molecular flexibility index (Phi) is 8.69. The third-order valence-electron chi connectivity index (χ3n) is 7.67. The maximum atomic E-state index is 13.0. The number of carbonyl (C=O) groups excluding carboxylic acids is 1. The summed E-state index contributed by atoms with van der Waals surface area (Å²) < 4.78 is 2.72. The van der Waals surface area contributed by atoms with Crippen LogP contribution < -0.4 is 27.2 Å². The number of aromatic nitrogens is 1. The molecule has 2 aromatic carbocycles. The van der Waals surface area contributed by atoms with E-state index >= 15 is 0 Å². The number of benzene rings is 2. The minimum atomic E-state index is -0.292. The van der Waals surface area contributed by atoms with E-state index in [9.17, 15) is 9.59 Å². The lowest BCUT2D eigenvalue weighted by molar-refractivity contribution is 0.102. The first-order chi connectivity index (χ1) is 18.9. The van der Waals surface area contributed by atoms with Crippen molar-refractivity contribution in [3.8, 4) is 0 Å². The number of hydrogen-bond acceptors (Lipinski definition) is 6. The highest BCUT2D eigenvalue weighted by molar-refractivity contribution is 7.10. The number of nitrogens with two attached hydrogens (primary N) is 1. The molecule has 2 fully saturated rings. The van der Waals surface area contributed by atoms with E-state index in [2.05, 4.69) is 37.4 Å². The summed E-state index contributed by atoms with van der Waals surface area (Å²) >= 11 is 7.67. The van der Waals surface area contributed by atoms with Gasteiger partial charge in [-0.05, 0) is 98.4 Å². The van der Waals surface area contributed by atoms with Gasteiger partial charge < -0.3 is 21.7 Å². The van der Waals surface area contributed by atoms with Gasteiger partial charge in [-0.15, -0.1) is 0 Å². The number of rotatable bonds is 9. The molecule has 1 aliphatic heterocycles. The Hall–Kier alpha value is -3.14. The molecule has 39 heavy (non-hydrogen) atoms. The number of amides is 1. The molecule has 10 heteroatoms. The average Bonchev–Trinajstić information content (AvgIpc) is 3.69. The zero-order valence-corrected chi connectivity index (χ0v) is 23.7. The van der Waals surface area contributed by atoms with Gasteiger partial charge in [-0.25, -0.2) is 0 Å². The monoisotopic (exact) mass is 566 g/mol. The number of aryl methyl sites for hydroxylation is 1. The van der Waals surface area contributed by atoms with Gasteiger partial charge in [0.05, 0.1) is 10.6 Å². The predicted molar refractivity (Wildman–Crippen MR) is 161 cm³/mol. The number of amidine groups is 1. The second-order valence-corrected chi connectivity index (χ2v) is 11.6. The van der Waals surface area contributed by atoms with Crippen molar-refractivity contribution < 1.29 is 4.79 Å². The first-order valence-corrected chi connectivity index (χ1v) is 14.8. The van der Waals surface area contributed by atoms with E-state index in [1.54, 1.807) is 18.2 Å². The minimum absolute atomic E-state index is 0.203. The number of nitrogens with one attached hydrogen (secondary N) is 4. The van der Waals surface area contributed by atoms with Crippen molar-refractivity contribution >= 4 is 51.3 Å². The summed E-state index contributed by atoms with van der Waals surface area (Å²) in [4.78, 5) is 29.9. The molecule has 1 atom stereocenters. The van der Waals surface area contributed by atoms with Crippen LogP contribution in [0, 0.1) is 6.92 Å². The summed E-state index contributed by atoms with van der Waals surface area (Å²) in [6.07, 6.45) is 8.25. The lowest BCUT2D eigenvalue weighted by Gasteiger charge is -2.15. The van der Waals surface area contributed by atoms with Crippen LogP contribution in [0.3, 0.4) is 0 Å². The summed E-state index contributed by atoms with van der Waals surface area (Å²) in [6.45, 7) is 3.61. The molecule has 0 radical (unpaired) electrons.